The maximum Gasteiger partial charge on any atom is 0.255 e. The zero-order valence-corrected chi connectivity index (χ0v) is 18.9. The molecule has 0 radical (unpaired) electrons. The van der Waals surface area contributed by atoms with Crippen LogP contribution >= 0.6 is 0 Å². The molecule has 2 aliphatic rings. The lowest BCUT2D eigenvalue weighted by atomic mass is 9.56. The van der Waals surface area contributed by atoms with Gasteiger partial charge in [-0.05, 0) is 61.1 Å². The van der Waals surface area contributed by atoms with Crippen LogP contribution in [0.25, 0.3) is 5.52 Å². The number of hydrogen-bond acceptors (Lipinski definition) is 3. The number of amides is 1. The van der Waals surface area contributed by atoms with Gasteiger partial charge >= 0.3 is 0 Å². The molecular weight excluding hydrogens is 408 g/mol. The Bertz CT molecular complexity index is 1300. The molecule has 1 spiro atoms. The Kier molecular flexibility index (Phi) is 4.72. The van der Waals surface area contributed by atoms with Crippen molar-refractivity contribution >= 4 is 17.1 Å². The van der Waals surface area contributed by atoms with E-state index in [4.69, 9.17) is 0 Å². The molecule has 33 heavy (non-hydrogen) atoms. The van der Waals surface area contributed by atoms with Crippen molar-refractivity contribution in [3.63, 3.8) is 0 Å². The first kappa shape index (κ1) is 20.0. The largest absolute Gasteiger partial charge is 0.370 e. The van der Waals surface area contributed by atoms with Crippen LogP contribution in [-0.2, 0) is 6.54 Å². The van der Waals surface area contributed by atoms with Crippen molar-refractivity contribution in [3.05, 3.63) is 101 Å². The Morgan fingerprint density at radius 3 is 2.48 bits per heavy atom. The third-order valence-corrected chi connectivity index (χ3v) is 7.38. The van der Waals surface area contributed by atoms with E-state index in [1.165, 1.54) is 37.2 Å². The molecule has 2 aromatic heterocycles. The second-order valence-electron chi connectivity index (χ2n) is 9.71. The summed E-state index contributed by atoms with van der Waals surface area (Å²) in [5.74, 6) is 0.583. The van der Waals surface area contributed by atoms with E-state index < -0.39 is 0 Å². The van der Waals surface area contributed by atoms with Gasteiger partial charge in [0, 0.05) is 36.9 Å². The monoisotopic (exact) mass is 436 g/mol. The quantitative estimate of drug-likeness (QED) is 0.481. The summed E-state index contributed by atoms with van der Waals surface area (Å²) in [6.45, 7) is 4.76. The molecule has 1 N–H and O–H groups in total. The average Bonchev–Trinajstić information content (AvgIpc) is 3.13. The number of carbonyl (C=O) groups is 1. The lowest BCUT2D eigenvalue weighted by Gasteiger charge is -2.60. The standard InChI is InChI=1S/C28H28N4O/c1-20-26(25-9-5-6-14-32(25)30-20)27(33)29-17-21-10-12-22(13-11-21)23-15-28(16-23)18-31(19-28)24-7-3-2-4-8-24/h2-14,23H,15-19H2,1H3,(H,29,33). The zero-order valence-electron chi connectivity index (χ0n) is 18.9. The molecule has 1 aliphatic carbocycles. The fourth-order valence-corrected chi connectivity index (χ4v) is 5.64. The lowest BCUT2D eigenvalue weighted by Crippen LogP contribution is -2.61. The van der Waals surface area contributed by atoms with Gasteiger partial charge < -0.3 is 10.2 Å². The van der Waals surface area contributed by atoms with Crippen molar-refractivity contribution < 1.29 is 4.79 Å². The van der Waals surface area contributed by atoms with Crippen LogP contribution in [0.5, 0.6) is 0 Å². The molecule has 1 saturated heterocycles. The summed E-state index contributed by atoms with van der Waals surface area (Å²) in [4.78, 5) is 15.3. The Morgan fingerprint density at radius 2 is 1.73 bits per heavy atom. The third-order valence-electron chi connectivity index (χ3n) is 7.38. The minimum atomic E-state index is -0.0772. The summed E-state index contributed by atoms with van der Waals surface area (Å²) < 4.78 is 1.76. The molecule has 1 aliphatic heterocycles. The first-order valence-corrected chi connectivity index (χ1v) is 11.7. The van der Waals surface area contributed by atoms with Gasteiger partial charge in [-0.1, -0.05) is 48.5 Å². The molecule has 1 saturated carbocycles. The SMILES string of the molecule is Cc1nn2ccccc2c1C(=O)NCc1ccc(C2CC3(C2)CN(c2ccccc2)C3)cc1. The van der Waals surface area contributed by atoms with Gasteiger partial charge in [-0.3, -0.25) is 4.79 Å². The fraction of sp³-hybridized carbons (Fsp3) is 0.286. The van der Waals surface area contributed by atoms with E-state index in [9.17, 15) is 4.79 Å². The number of rotatable bonds is 5. The Balaban J connectivity index is 1.04. The van der Waals surface area contributed by atoms with E-state index in [0.717, 1.165) is 16.8 Å². The predicted molar refractivity (Wildman–Crippen MR) is 131 cm³/mol. The van der Waals surface area contributed by atoms with Gasteiger partial charge in [0.25, 0.3) is 5.91 Å². The van der Waals surface area contributed by atoms with Crippen LogP contribution in [0.2, 0.25) is 0 Å². The minimum absolute atomic E-state index is 0.0772. The Morgan fingerprint density at radius 1 is 1.00 bits per heavy atom. The highest BCUT2D eigenvalue weighted by Crippen LogP contribution is 2.56. The second-order valence-corrected chi connectivity index (χ2v) is 9.71. The molecule has 2 aromatic carbocycles. The normalized spacial score (nSPS) is 17.1. The van der Waals surface area contributed by atoms with Crippen LogP contribution in [0.4, 0.5) is 5.69 Å². The lowest BCUT2D eigenvalue weighted by molar-refractivity contribution is 0.0634. The van der Waals surface area contributed by atoms with Crippen molar-refractivity contribution in [2.45, 2.75) is 32.2 Å². The average molecular weight is 437 g/mol. The van der Waals surface area contributed by atoms with Crippen molar-refractivity contribution in [2.75, 3.05) is 18.0 Å². The molecule has 4 aromatic rings. The molecule has 5 heteroatoms. The van der Waals surface area contributed by atoms with Crippen molar-refractivity contribution in [2.24, 2.45) is 5.41 Å². The highest BCUT2D eigenvalue weighted by Gasteiger charge is 2.52. The van der Waals surface area contributed by atoms with Crippen LogP contribution in [-0.4, -0.2) is 28.6 Å². The van der Waals surface area contributed by atoms with Gasteiger partial charge in [-0.15, -0.1) is 0 Å². The maximum atomic E-state index is 12.8. The number of nitrogens with one attached hydrogen (secondary N) is 1. The molecule has 0 atom stereocenters. The third kappa shape index (κ3) is 3.58. The minimum Gasteiger partial charge on any atom is -0.370 e. The number of nitrogens with zero attached hydrogens (tertiary/aromatic N) is 3. The molecule has 5 nitrogen and oxygen atoms in total. The number of aryl methyl sites for hydroxylation is 1. The van der Waals surface area contributed by atoms with Gasteiger partial charge in [0.2, 0.25) is 0 Å². The molecular formula is C28H28N4O. The molecule has 1 amide bonds. The van der Waals surface area contributed by atoms with E-state index in [-0.39, 0.29) is 5.91 Å². The molecule has 6 rings (SSSR count). The van der Waals surface area contributed by atoms with Gasteiger partial charge in [-0.25, -0.2) is 4.52 Å². The first-order chi connectivity index (χ1) is 16.1. The van der Waals surface area contributed by atoms with Gasteiger partial charge in [0.05, 0.1) is 16.8 Å². The molecule has 0 unspecified atom stereocenters. The van der Waals surface area contributed by atoms with Gasteiger partial charge in [-0.2, -0.15) is 5.10 Å². The summed E-state index contributed by atoms with van der Waals surface area (Å²) in [5.41, 5.74) is 6.63. The van der Waals surface area contributed by atoms with Crippen LogP contribution in [0, 0.1) is 12.3 Å². The number of pyridine rings is 1. The van der Waals surface area contributed by atoms with Crippen molar-refractivity contribution in [1.29, 1.82) is 0 Å². The summed E-state index contributed by atoms with van der Waals surface area (Å²) in [7, 11) is 0. The molecule has 166 valence electrons. The number of fused-ring (bicyclic) bond motifs is 1. The fourth-order valence-electron chi connectivity index (χ4n) is 5.64. The van der Waals surface area contributed by atoms with E-state index in [1.807, 2.05) is 31.3 Å². The van der Waals surface area contributed by atoms with E-state index >= 15 is 0 Å². The Labute approximate surface area is 194 Å². The van der Waals surface area contributed by atoms with Crippen molar-refractivity contribution in [3.8, 4) is 0 Å². The van der Waals surface area contributed by atoms with E-state index in [1.54, 1.807) is 4.52 Å². The van der Waals surface area contributed by atoms with E-state index in [2.05, 4.69) is 69.9 Å². The molecule has 0 bridgehead atoms. The summed E-state index contributed by atoms with van der Waals surface area (Å²) in [6, 6.07) is 25.3. The van der Waals surface area contributed by atoms with Crippen LogP contribution in [0.15, 0.2) is 79.0 Å². The molecule has 3 heterocycles. The number of carbonyl (C=O) groups excluding carboxylic acids is 1. The highest BCUT2D eigenvalue weighted by atomic mass is 16.1. The smallest absolute Gasteiger partial charge is 0.255 e. The highest BCUT2D eigenvalue weighted by molar-refractivity contribution is 6.01. The molecule has 2 fully saturated rings. The number of para-hydroxylation sites is 1. The number of hydrogen-bond donors (Lipinski definition) is 1. The van der Waals surface area contributed by atoms with Gasteiger partial charge in [0.15, 0.2) is 0 Å². The second kappa shape index (κ2) is 7.77. The number of anilines is 1. The first-order valence-electron chi connectivity index (χ1n) is 11.7. The Hall–Kier alpha value is -3.60. The van der Waals surface area contributed by atoms with Crippen LogP contribution < -0.4 is 10.2 Å². The number of benzene rings is 2. The van der Waals surface area contributed by atoms with Crippen LogP contribution in [0.3, 0.4) is 0 Å². The topological polar surface area (TPSA) is 49.6 Å². The number of aromatic nitrogens is 2. The predicted octanol–water partition coefficient (Wildman–Crippen LogP) is 4.96. The summed E-state index contributed by atoms with van der Waals surface area (Å²) in [6.07, 6.45) is 4.42. The summed E-state index contributed by atoms with van der Waals surface area (Å²) >= 11 is 0. The zero-order chi connectivity index (χ0) is 22.4. The van der Waals surface area contributed by atoms with E-state index in [0.29, 0.717) is 23.4 Å². The van der Waals surface area contributed by atoms with Crippen molar-refractivity contribution in [1.82, 2.24) is 14.9 Å². The maximum absolute atomic E-state index is 12.8. The summed E-state index contributed by atoms with van der Waals surface area (Å²) in [5, 5.41) is 7.50. The van der Waals surface area contributed by atoms with Gasteiger partial charge in [0.1, 0.15) is 0 Å². The van der Waals surface area contributed by atoms with Crippen LogP contribution in [0.1, 0.15) is 45.9 Å².